The molecule has 2 aromatic heterocycles. The number of alkyl halides is 3. The van der Waals surface area contributed by atoms with E-state index in [2.05, 4.69) is 37.2 Å². The Balaban J connectivity index is 0.814. The Hall–Kier alpha value is -8.54. The number of methoxy groups -OCH3 is 1. The third kappa shape index (κ3) is 9.15. The Labute approximate surface area is 387 Å². The molecule has 5 heterocycles. The number of piperidine rings is 1. The Bertz CT molecular complexity index is 3310. The van der Waals surface area contributed by atoms with Gasteiger partial charge in [0.25, 0.3) is 17.7 Å². The average molecular weight is 948 g/mol. The van der Waals surface area contributed by atoms with Gasteiger partial charge in [-0.1, -0.05) is 11.8 Å². The first kappa shape index (κ1) is 45.6. The van der Waals surface area contributed by atoms with Crippen LogP contribution in [0.5, 0.6) is 28.9 Å². The Morgan fingerprint density at radius 3 is 2.48 bits per heavy atom. The van der Waals surface area contributed by atoms with Crippen LogP contribution in [0, 0.1) is 30.5 Å². The first-order chi connectivity index (χ1) is 32.9. The van der Waals surface area contributed by atoms with Crippen LogP contribution >= 0.6 is 0 Å². The minimum absolute atomic E-state index is 0.0646. The number of carbonyl (C=O) groups is 5. The second-order valence-electron chi connectivity index (χ2n) is 16.3. The number of pyridine rings is 1. The number of carbonyl (C=O) groups excluding carboxylic acids is 5. The number of aryl methyl sites for hydroxylation is 1. The highest BCUT2D eigenvalue weighted by Gasteiger charge is 2.39. The van der Waals surface area contributed by atoms with Gasteiger partial charge in [-0.25, -0.2) is 14.4 Å². The van der Waals surface area contributed by atoms with Crippen LogP contribution in [-0.2, 0) is 28.0 Å². The molecule has 2 N–H and O–H groups in total. The lowest BCUT2D eigenvalue weighted by molar-refractivity contribution is -0.274. The molecule has 352 valence electrons. The maximum absolute atomic E-state index is 15.6. The van der Waals surface area contributed by atoms with Crippen LogP contribution in [0.4, 0.5) is 23.2 Å². The van der Waals surface area contributed by atoms with E-state index >= 15 is 4.39 Å². The van der Waals surface area contributed by atoms with Crippen LogP contribution in [0.3, 0.4) is 0 Å². The van der Waals surface area contributed by atoms with E-state index in [1.54, 1.807) is 17.0 Å². The van der Waals surface area contributed by atoms with Crippen LogP contribution in [-0.4, -0.2) is 93.1 Å². The van der Waals surface area contributed by atoms with Gasteiger partial charge in [0.1, 0.15) is 23.7 Å². The molecule has 9 rings (SSSR count). The van der Waals surface area contributed by atoms with Gasteiger partial charge in [0.2, 0.25) is 23.1 Å². The highest BCUT2D eigenvalue weighted by Crippen LogP contribution is 2.37. The molecule has 69 heavy (non-hydrogen) atoms. The summed E-state index contributed by atoms with van der Waals surface area (Å²) in [5.74, 6) is 2.28. The SMILES string of the molecule is COc1cc2c(Oc3ccc(NC(=O)c4c(C)n(C)c5ccc(OC(F)(F)F)cc5c4=O)cc3F)ncnc2cc1OCC(=O)N1CC(C#Cc2ccc3c(c2)CN(C2CCC(=O)NC2=O)C3=O)C1. The van der Waals surface area contributed by atoms with E-state index in [-0.39, 0.29) is 101 Å². The van der Waals surface area contributed by atoms with Gasteiger partial charge in [-0.3, -0.25) is 34.1 Å². The molecule has 5 amide bonds. The van der Waals surface area contributed by atoms with Crippen molar-refractivity contribution in [1.29, 1.82) is 0 Å². The molecule has 1 atom stereocenters. The lowest BCUT2D eigenvalue weighted by atomic mass is 9.99. The Kier molecular flexibility index (Phi) is 11.9. The summed E-state index contributed by atoms with van der Waals surface area (Å²) < 4.78 is 76.8. The number of nitrogens with zero attached hydrogens (tertiary/aromatic N) is 5. The molecule has 0 radical (unpaired) electrons. The van der Waals surface area contributed by atoms with Crippen molar-refractivity contribution in [1.82, 2.24) is 29.7 Å². The minimum atomic E-state index is -5.01. The standard InChI is InChI=1S/C48H37F4N7O10/c1-24-42(43(62)32-16-29(69-48(50,51)52)8-10-35(32)57(24)2)45(64)55-28-7-12-37(33(49)15-28)68-46-31-17-38(66-3)39(18-34(31)53-23-54-46)67-22-41(61)58-19-26(20-58)5-4-25-6-9-30-27(14-25)21-59(47(30)65)36-11-13-40(60)56-44(36)63/h6-10,12,14-18,23,26,36H,11,13,19-22H2,1-3H3,(H,55,64)(H,56,60,63). The van der Waals surface area contributed by atoms with Crippen LogP contribution in [0.1, 0.15) is 50.4 Å². The summed E-state index contributed by atoms with van der Waals surface area (Å²) in [6, 6.07) is 14.2. The van der Waals surface area contributed by atoms with Crippen LogP contribution in [0.2, 0.25) is 0 Å². The van der Waals surface area contributed by atoms with Crippen molar-refractivity contribution in [3.63, 3.8) is 0 Å². The molecule has 3 aliphatic heterocycles. The van der Waals surface area contributed by atoms with E-state index < -0.39 is 41.2 Å². The normalized spacial score (nSPS) is 15.8. The van der Waals surface area contributed by atoms with Crippen molar-refractivity contribution in [2.24, 2.45) is 13.0 Å². The lowest BCUT2D eigenvalue weighted by Gasteiger charge is -2.36. The fourth-order valence-electron chi connectivity index (χ4n) is 8.30. The summed E-state index contributed by atoms with van der Waals surface area (Å²) in [6.07, 6.45) is -3.40. The predicted molar refractivity (Wildman–Crippen MR) is 236 cm³/mol. The fourth-order valence-corrected chi connectivity index (χ4v) is 8.30. The molecule has 0 bridgehead atoms. The molecule has 2 saturated heterocycles. The largest absolute Gasteiger partial charge is 0.573 e. The smallest absolute Gasteiger partial charge is 0.493 e. The monoisotopic (exact) mass is 947 g/mol. The minimum Gasteiger partial charge on any atom is -0.493 e. The molecule has 4 aromatic carbocycles. The van der Waals surface area contributed by atoms with Crippen LogP contribution in [0.15, 0.2) is 77.9 Å². The number of anilines is 1. The van der Waals surface area contributed by atoms with Crippen molar-refractivity contribution in [3.8, 4) is 40.7 Å². The molecule has 1 unspecified atom stereocenters. The number of nitrogens with one attached hydrogen (secondary N) is 2. The molecule has 0 aliphatic carbocycles. The van der Waals surface area contributed by atoms with Gasteiger partial charge in [0, 0.05) is 67.7 Å². The molecular weight excluding hydrogens is 911 g/mol. The third-order valence-corrected chi connectivity index (χ3v) is 11.9. The summed E-state index contributed by atoms with van der Waals surface area (Å²) in [5.41, 5.74) is 1.36. The van der Waals surface area contributed by atoms with Gasteiger partial charge in [-0.2, -0.15) is 0 Å². The number of ether oxygens (including phenoxy) is 4. The predicted octanol–water partition coefficient (Wildman–Crippen LogP) is 5.53. The first-order valence-electron chi connectivity index (χ1n) is 21.1. The average Bonchev–Trinajstić information content (AvgIpc) is 3.61. The molecule has 21 heteroatoms. The van der Waals surface area contributed by atoms with Gasteiger partial charge >= 0.3 is 6.36 Å². The topological polar surface area (TPSA) is 201 Å². The van der Waals surface area contributed by atoms with Gasteiger partial charge in [0.15, 0.2) is 29.7 Å². The molecule has 6 aromatic rings. The number of likely N-dealkylation sites (tertiary alicyclic amines) is 1. The highest BCUT2D eigenvalue weighted by atomic mass is 19.4. The van der Waals surface area contributed by atoms with Crippen molar-refractivity contribution in [3.05, 3.63) is 117 Å². The lowest BCUT2D eigenvalue weighted by Crippen LogP contribution is -2.52. The molecule has 0 spiro atoms. The van der Waals surface area contributed by atoms with E-state index in [9.17, 15) is 41.9 Å². The number of imide groups is 1. The number of amides is 5. The van der Waals surface area contributed by atoms with Gasteiger partial charge < -0.3 is 38.6 Å². The van der Waals surface area contributed by atoms with Crippen molar-refractivity contribution < 1.29 is 60.5 Å². The van der Waals surface area contributed by atoms with Crippen LogP contribution < -0.4 is 35.0 Å². The van der Waals surface area contributed by atoms with Crippen molar-refractivity contribution in [2.45, 2.75) is 38.7 Å². The molecule has 0 saturated carbocycles. The zero-order valence-corrected chi connectivity index (χ0v) is 36.7. The zero-order chi connectivity index (χ0) is 48.9. The first-order valence-corrected chi connectivity index (χ1v) is 21.1. The summed E-state index contributed by atoms with van der Waals surface area (Å²) in [4.78, 5) is 88.4. The number of hydrogen-bond acceptors (Lipinski definition) is 12. The fraction of sp³-hybridized carbons (Fsp3) is 0.250. The van der Waals surface area contributed by atoms with E-state index in [4.69, 9.17) is 14.2 Å². The molecule has 3 aliphatic rings. The number of aromatic nitrogens is 3. The van der Waals surface area contributed by atoms with E-state index in [0.29, 0.717) is 35.1 Å². The number of benzene rings is 4. The second-order valence-corrected chi connectivity index (χ2v) is 16.3. The van der Waals surface area contributed by atoms with E-state index in [1.165, 1.54) is 67.2 Å². The number of hydrogen-bond donors (Lipinski definition) is 2. The quantitative estimate of drug-likeness (QED) is 0.0990. The summed E-state index contributed by atoms with van der Waals surface area (Å²) in [7, 11) is 2.91. The second kappa shape index (κ2) is 17.9. The third-order valence-electron chi connectivity index (χ3n) is 11.9. The molecule has 17 nitrogen and oxygen atoms in total. The Morgan fingerprint density at radius 1 is 0.942 bits per heavy atom. The Morgan fingerprint density at radius 2 is 1.74 bits per heavy atom. The maximum atomic E-state index is 15.6. The zero-order valence-electron chi connectivity index (χ0n) is 36.7. The number of rotatable bonds is 10. The number of halogens is 4. The highest BCUT2D eigenvalue weighted by molar-refractivity contribution is 6.07. The van der Waals surface area contributed by atoms with Gasteiger partial charge in [-0.15, -0.1) is 13.2 Å². The number of fused-ring (bicyclic) bond motifs is 3. The maximum Gasteiger partial charge on any atom is 0.573 e. The molecular formula is C48H37F4N7O10. The van der Waals surface area contributed by atoms with Gasteiger partial charge in [-0.05, 0) is 73.5 Å². The van der Waals surface area contributed by atoms with E-state index in [1.807, 2.05) is 6.07 Å². The summed E-state index contributed by atoms with van der Waals surface area (Å²) >= 11 is 0. The van der Waals surface area contributed by atoms with E-state index in [0.717, 1.165) is 23.8 Å². The van der Waals surface area contributed by atoms with Gasteiger partial charge in [0.05, 0.1) is 34.8 Å². The van der Waals surface area contributed by atoms with Crippen molar-refractivity contribution in [2.75, 3.05) is 32.1 Å². The van der Waals surface area contributed by atoms with Crippen molar-refractivity contribution >= 4 is 57.0 Å². The van der Waals surface area contributed by atoms with Crippen LogP contribution in [0.25, 0.3) is 21.8 Å². The molecule has 2 fully saturated rings. The summed E-state index contributed by atoms with van der Waals surface area (Å²) in [5, 5.41) is 4.85. The summed E-state index contributed by atoms with van der Waals surface area (Å²) in [6.45, 7) is 2.12.